The van der Waals surface area contributed by atoms with Gasteiger partial charge in [-0.3, -0.25) is 14.4 Å². The van der Waals surface area contributed by atoms with Crippen LogP contribution in [-0.2, 0) is 19.1 Å². The van der Waals surface area contributed by atoms with E-state index in [1.165, 1.54) is 7.11 Å². The fourth-order valence-corrected chi connectivity index (χ4v) is 6.77. The fraction of sp³-hybridized carbons (Fsp3) is 0.571. The number of hydrogen-bond acceptors (Lipinski definition) is 6. The highest BCUT2D eigenvalue weighted by Crippen LogP contribution is 2.47. The molecule has 1 unspecified atom stereocenters. The summed E-state index contributed by atoms with van der Waals surface area (Å²) in [6.45, 7) is 0.996. The van der Waals surface area contributed by atoms with Crippen molar-refractivity contribution in [2.75, 3.05) is 27.3 Å². The van der Waals surface area contributed by atoms with Gasteiger partial charge in [0, 0.05) is 24.4 Å². The predicted octanol–water partition coefficient (Wildman–Crippen LogP) is 3.18. The number of esters is 1. The molecule has 2 saturated heterocycles. The lowest BCUT2D eigenvalue weighted by Crippen LogP contribution is -2.51. The van der Waals surface area contributed by atoms with Gasteiger partial charge < -0.3 is 30.0 Å². The highest BCUT2D eigenvalue weighted by atomic mass is 35.5. The van der Waals surface area contributed by atoms with Crippen molar-refractivity contribution in [2.45, 2.75) is 63.5 Å². The van der Waals surface area contributed by atoms with Crippen molar-refractivity contribution in [3.63, 3.8) is 0 Å². The van der Waals surface area contributed by atoms with Gasteiger partial charge in [0.05, 0.1) is 24.8 Å². The van der Waals surface area contributed by atoms with Crippen molar-refractivity contribution in [1.29, 1.82) is 0 Å². The average molecular weight is 559 g/mol. The van der Waals surface area contributed by atoms with Crippen LogP contribution >= 0.6 is 11.6 Å². The Morgan fingerprint density at radius 3 is 2.64 bits per heavy atom. The zero-order valence-corrected chi connectivity index (χ0v) is 23.1. The number of H-pyrrole nitrogens is 1. The maximum Gasteiger partial charge on any atom is 0.328 e. The molecule has 3 fully saturated rings. The van der Waals surface area contributed by atoms with E-state index in [4.69, 9.17) is 21.1 Å². The zero-order chi connectivity index (χ0) is 27.7. The number of amides is 3. The molecular weight excluding hydrogens is 524 g/mol. The van der Waals surface area contributed by atoms with Crippen LogP contribution in [0.5, 0.6) is 5.75 Å². The lowest BCUT2D eigenvalue weighted by molar-refractivity contribution is -0.146. The van der Waals surface area contributed by atoms with Crippen LogP contribution in [0.15, 0.2) is 18.2 Å². The van der Waals surface area contributed by atoms with Crippen LogP contribution in [0, 0.1) is 11.3 Å². The molecule has 1 saturated carbocycles. The van der Waals surface area contributed by atoms with Gasteiger partial charge in [-0.15, -0.1) is 0 Å². The lowest BCUT2D eigenvalue weighted by Gasteiger charge is -2.32. The van der Waals surface area contributed by atoms with Crippen molar-refractivity contribution < 1.29 is 28.7 Å². The number of nitrogens with zero attached hydrogens (tertiary/aromatic N) is 1. The van der Waals surface area contributed by atoms with E-state index in [2.05, 4.69) is 15.6 Å². The first kappa shape index (κ1) is 27.3. The predicted molar refractivity (Wildman–Crippen MR) is 145 cm³/mol. The number of benzene rings is 1. The Labute approximate surface area is 232 Å². The Bertz CT molecular complexity index is 1290. The van der Waals surface area contributed by atoms with Crippen LogP contribution in [-0.4, -0.2) is 73.0 Å². The van der Waals surface area contributed by atoms with Gasteiger partial charge in [0.2, 0.25) is 11.8 Å². The van der Waals surface area contributed by atoms with Crippen molar-refractivity contribution in [3.8, 4) is 5.75 Å². The molecule has 3 aliphatic rings. The summed E-state index contributed by atoms with van der Waals surface area (Å²) in [4.78, 5) is 57.2. The standard InChI is InChI=1S/C28H35ClN4O6/c1-38-22-7-6-18(29)23-17(22)13-19(31-23)26(36)33-15-28(9-4-3-5-10-28)14-21(33)25(35)32-20(27(37)39-2)12-16-8-11-30-24(16)34/h6-7,13,16,20-21,31H,3-5,8-12,14-15H2,1-2H3,(H,30,34)(H,32,35)/t16-,20-,21?/m0/s1. The molecular formula is C28H35ClN4O6. The van der Waals surface area contributed by atoms with Crippen LogP contribution in [0.2, 0.25) is 5.02 Å². The summed E-state index contributed by atoms with van der Waals surface area (Å²) >= 11 is 6.39. The third-order valence-electron chi connectivity index (χ3n) is 8.62. The van der Waals surface area contributed by atoms with E-state index in [0.717, 1.165) is 32.1 Å². The highest BCUT2D eigenvalue weighted by molar-refractivity contribution is 6.35. The molecule has 3 amide bonds. The second kappa shape index (κ2) is 11.1. The van der Waals surface area contributed by atoms with Gasteiger partial charge in [-0.05, 0) is 55.7 Å². The molecule has 39 heavy (non-hydrogen) atoms. The third kappa shape index (κ3) is 5.31. The summed E-state index contributed by atoms with van der Waals surface area (Å²) in [7, 11) is 2.81. The minimum Gasteiger partial charge on any atom is -0.496 e. The molecule has 0 bridgehead atoms. The summed E-state index contributed by atoms with van der Waals surface area (Å²) in [5.41, 5.74) is 0.755. The molecule has 0 radical (unpaired) electrons. The SMILES string of the molecule is COC(=O)[C@H](C[C@@H]1CCNC1=O)NC(=O)C1CC2(CCCCC2)CN1C(=O)c1cc2c(OC)ccc(Cl)c2[nH]1. The number of ether oxygens (including phenoxy) is 2. The van der Waals surface area contributed by atoms with Crippen molar-refractivity contribution >= 4 is 46.2 Å². The molecule has 3 N–H and O–H groups in total. The number of aromatic amines is 1. The lowest BCUT2D eigenvalue weighted by atomic mass is 9.72. The van der Waals surface area contributed by atoms with E-state index in [1.807, 2.05) is 0 Å². The average Bonchev–Trinajstić information content (AvgIpc) is 3.66. The summed E-state index contributed by atoms with van der Waals surface area (Å²) in [5, 5.41) is 6.74. The molecule has 10 nitrogen and oxygen atoms in total. The third-order valence-corrected chi connectivity index (χ3v) is 8.94. The zero-order valence-electron chi connectivity index (χ0n) is 22.3. The Balaban J connectivity index is 1.43. The second-order valence-corrected chi connectivity index (χ2v) is 11.4. The van der Waals surface area contributed by atoms with E-state index < -0.39 is 24.0 Å². The van der Waals surface area contributed by atoms with Crippen molar-refractivity contribution in [1.82, 2.24) is 20.5 Å². The first-order valence-electron chi connectivity index (χ1n) is 13.6. The first-order valence-corrected chi connectivity index (χ1v) is 13.9. The van der Waals surface area contributed by atoms with Gasteiger partial charge in [0.1, 0.15) is 23.5 Å². The molecule has 3 atom stereocenters. The van der Waals surface area contributed by atoms with Gasteiger partial charge in [0.15, 0.2) is 0 Å². The highest BCUT2D eigenvalue weighted by Gasteiger charge is 2.49. The molecule has 2 aromatic rings. The van der Waals surface area contributed by atoms with Crippen LogP contribution in [0.25, 0.3) is 10.9 Å². The van der Waals surface area contributed by atoms with Crippen molar-refractivity contribution in [3.05, 3.63) is 28.9 Å². The maximum atomic E-state index is 14.0. The van der Waals surface area contributed by atoms with Gasteiger partial charge in [-0.25, -0.2) is 4.79 Å². The van der Waals surface area contributed by atoms with E-state index in [9.17, 15) is 19.2 Å². The number of rotatable bonds is 7. The minimum absolute atomic E-state index is 0.134. The summed E-state index contributed by atoms with van der Waals surface area (Å²) in [6.07, 6.45) is 6.38. The van der Waals surface area contributed by atoms with Crippen LogP contribution in [0.4, 0.5) is 0 Å². The Kier molecular flexibility index (Phi) is 7.75. The molecule has 2 aliphatic heterocycles. The molecule has 210 valence electrons. The molecule has 3 heterocycles. The second-order valence-electron chi connectivity index (χ2n) is 11.0. The fourth-order valence-electron chi connectivity index (χ4n) is 6.55. The van der Waals surface area contributed by atoms with E-state index >= 15 is 0 Å². The van der Waals surface area contributed by atoms with Gasteiger partial charge in [0.25, 0.3) is 5.91 Å². The molecule has 1 aliphatic carbocycles. The smallest absolute Gasteiger partial charge is 0.328 e. The van der Waals surface area contributed by atoms with Gasteiger partial charge in [-0.1, -0.05) is 30.9 Å². The number of halogens is 1. The quantitative estimate of drug-likeness (QED) is 0.448. The summed E-state index contributed by atoms with van der Waals surface area (Å²) < 4.78 is 10.4. The Morgan fingerprint density at radius 2 is 1.97 bits per heavy atom. The first-order chi connectivity index (χ1) is 18.7. The van der Waals surface area contributed by atoms with E-state index in [-0.39, 0.29) is 29.6 Å². The number of carbonyl (C=O) groups excluding carboxylic acids is 4. The molecule has 11 heteroatoms. The minimum atomic E-state index is -0.979. The number of carbonyl (C=O) groups is 4. The van der Waals surface area contributed by atoms with Gasteiger partial charge >= 0.3 is 5.97 Å². The Morgan fingerprint density at radius 1 is 1.21 bits per heavy atom. The van der Waals surface area contributed by atoms with E-state index in [0.29, 0.717) is 53.3 Å². The molecule has 1 aromatic carbocycles. The van der Waals surface area contributed by atoms with Crippen LogP contribution < -0.4 is 15.4 Å². The number of fused-ring (bicyclic) bond motifs is 1. The monoisotopic (exact) mass is 558 g/mol. The Hall–Kier alpha value is -3.27. The number of nitrogens with one attached hydrogen (secondary N) is 3. The van der Waals surface area contributed by atoms with Crippen LogP contribution in [0.1, 0.15) is 61.9 Å². The molecule has 1 spiro atoms. The maximum absolute atomic E-state index is 14.0. The largest absolute Gasteiger partial charge is 0.496 e. The number of aromatic nitrogens is 1. The number of likely N-dealkylation sites (tertiary alicyclic amines) is 1. The topological polar surface area (TPSA) is 130 Å². The summed E-state index contributed by atoms with van der Waals surface area (Å²) in [5.74, 6) is -1.26. The van der Waals surface area contributed by atoms with Crippen LogP contribution in [0.3, 0.4) is 0 Å². The summed E-state index contributed by atoms with van der Waals surface area (Å²) in [6, 6.07) is 3.41. The van der Waals surface area contributed by atoms with Crippen molar-refractivity contribution in [2.24, 2.45) is 11.3 Å². The molecule has 5 rings (SSSR count). The molecule has 1 aromatic heterocycles. The van der Waals surface area contributed by atoms with E-state index in [1.54, 1.807) is 30.2 Å². The normalized spacial score (nSPS) is 23.1. The number of hydrogen-bond donors (Lipinski definition) is 3. The number of methoxy groups -OCH3 is 2. The van der Waals surface area contributed by atoms with Gasteiger partial charge in [-0.2, -0.15) is 0 Å².